The Kier molecular flexibility index (Phi) is 5.04. The summed E-state index contributed by atoms with van der Waals surface area (Å²) >= 11 is 7.22. The zero-order chi connectivity index (χ0) is 20.5. The van der Waals surface area contributed by atoms with Crippen molar-refractivity contribution in [2.45, 2.75) is 6.54 Å². The molecule has 0 atom stereocenters. The van der Waals surface area contributed by atoms with Gasteiger partial charge in [0.25, 0.3) is 5.91 Å². The lowest BCUT2D eigenvalue weighted by Gasteiger charge is -2.03. The molecule has 0 saturated heterocycles. The number of hydrogen-bond acceptors (Lipinski definition) is 6. The summed E-state index contributed by atoms with van der Waals surface area (Å²) in [5.74, 6) is -1.26. The highest BCUT2D eigenvalue weighted by Gasteiger charge is 2.16. The minimum Gasteiger partial charge on any atom is -0.468 e. The summed E-state index contributed by atoms with van der Waals surface area (Å²) in [5, 5.41) is 0.802. The molecule has 0 spiro atoms. The second-order valence-electron chi connectivity index (χ2n) is 6.05. The first kappa shape index (κ1) is 19.1. The number of halogens is 1. The van der Waals surface area contributed by atoms with Gasteiger partial charge in [-0.2, -0.15) is 4.99 Å². The molecule has 4 aromatic rings. The Morgan fingerprint density at radius 3 is 2.83 bits per heavy atom. The Morgan fingerprint density at radius 1 is 1.24 bits per heavy atom. The molecule has 0 fully saturated rings. The van der Waals surface area contributed by atoms with E-state index in [0.717, 1.165) is 11.0 Å². The van der Waals surface area contributed by atoms with Crippen molar-refractivity contribution in [2.24, 2.45) is 4.99 Å². The number of thiazole rings is 1. The molecule has 29 heavy (non-hydrogen) atoms. The number of amides is 1. The van der Waals surface area contributed by atoms with E-state index in [4.69, 9.17) is 20.8 Å². The van der Waals surface area contributed by atoms with E-state index in [0.29, 0.717) is 21.5 Å². The third-order valence-corrected chi connectivity index (χ3v) is 5.54. The van der Waals surface area contributed by atoms with Crippen LogP contribution in [0.2, 0.25) is 5.02 Å². The average molecular weight is 429 g/mol. The van der Waals surface area contributed by atoms with Crippen molar-refractivity contribution in [3.8, 4) is 0 Å². The Hall–Kier alpha value is -3.23. The molecule has 9 heteroatoms. The van der Waals surface area contributed by atoms with Gasteiger partial charge in [-0.3, -0.25) is 14.4 Å². The number of nitrogens with zero attached hydrogens (tertiary/aromatic N) is 2. The molecule has 0 aliphatic rings. The number of rotatable bonds is 3. The van der Waals surface area contributed by atoms with Gasteiger partial charge in [-0.25, -0.2) is 0 Å². The van der Waals surface area contributed by atoms with E-state index in [1.165, 1.54) is 18.4 Å². The quantitative estimate of drug-likeness (QED) is 0.466. The highest BCUT2D eigenvalue weighted by Crippen LogP contribution is 2.22. The lowest BCUT2D eigenvalue weighted by Crippen LogP contribution is -2.23. The number of aromatic nitrogens is 1. The van der Waals surface area contributed by atoms with Crippen molar-refractivity contribution in [2.75, 3.05) is 7.11 Å². The lowest BCUT2D eigenvalue weighted by atomic mass is 10.2. The molecule has 0 bridgehead atoms. The van der Waals surface area contributed by atoms with E-state index in [1.54, 1.807) is 47.0 Å². The molecule has 0 aliphatic heterocycles. The van der Waals surface area contributed by atoms with Crippen LogP contribution >= 0.6 is 22.9 Å². The molecular formula is C20H13ClN2O5S. The van der Waals surface area contributed by atoms with Gasteiger partial charge in [0.1, 0.15) is 24.0 Å². The topological polar surface area (TPSA) is 90.9 Å². The zero-order valence-electron chi connectivity index (χ0n) is 15.0. The van der Waals surface area contributed by atoms with Crippen LogP contribution in [0.25, 0.3) is 21.2 Å². The number of carbonyl (C=O) groups excluding carboxylic acids is 2. The highest BCUT2D eigenvalue weighted by molar-refractivity contribution is 7.16. The van der Waals surface area contributed by atoms with Crippen LogP contribution in [-0.4, -0.2) is 23.6 Å². The molecule has 2 aromatic carbocycles. The van der Waals surface area contributed by atoms with Gasteiger partial charge in [-0.1, -0.05) is 35.1 Å². The van der Waals surface area contributed by atoms with Gasteiger partial charge in [0.15, 0.2) is 4.80 Å². The first-order valence-electron chi connectivity index (χ1n) is 8.43. The summed E-state index contributed by atoms with van der Waals surface area (Å²) in [6.45, 7) is -0.142. The number of carbonyl (C=O) groups is 2. The molecular weight excluding hydrogens is 416 g/mol. The average Bonchev–Trinajstić information content (AvgIpc) is 3.04. The van der Waals surface area contributed by atoms with Crippen LogP contribution in [0, 0.1) is 0 Å². The van der Waals surface area contributed by atoms with Crippen LogP contribution < -0.4 is 10.2 Å². The number of fused-ring (bicyclic) bond motifs is 2. The van der Waals surface area contributed by atoms with Gasteiger partial charge in [-0.15, -0.1) is 0 Å². The molecule has 0 saturated carbocycles. The minimum absolute atomic E-state index is 0.142. The van der Waals surface area contributed by atoms with Gasteiger partial charge in [0.05, 0.1) is 22.7 Å². The van der Waals surface area contributed by atoms with Crippen molar-refractivity contribution < 1.29 is 18.7 Å². The predicted molar refractivity (Wildman–Crippen MR) is 109 cm³/mol. The lowest BCUT2D eigenvalue weighted by molar-refractivity contribution is -0.141. The summed E-state index contributed by atoms with van der Waals surface area (Å²) in [7, 11) is 1.27. The van der Waals surface area contributed by atoms with Gasteiger partial charge in [-0.05, 0) is 30.3 Å². The first-order chi connectivity index (χ1) is 14.0. The van der Waals surface area contributed by atoms with E-state index in [-0.39, 0.29) is 16.9 Å². The molecule has 2 heterocycles. The van der Waals surface area contributed by atoms with Gasteiger partial charge in [0, 0.05) is 5.02 Å². The van der Waals surface area contributed by atoms with Gasteiger partial charge >= 0.3 is 5.97 Å². The molecule has 7 nitrogen and oxygen atoms in total. The van der Waals surface area contributed by atoms with E-state index in [9.17, 15) is 14.4 Å². The number of hydrogen-bond donors (Lipinski definition) is 0. The fraction of sp³-hybridized carbons (Fsp3) is 0.100. The van der Waals surface area contributed by atoms with E-state index < -0.39 is 17.3 Å². The second-order valence-corrected chi connectivity index (χ2v) is 7.50. The first-order valence-corrected chi connectivity index (χ1v) is 9.62. The Bertz CT molecular complexity index is 1400. The monoisotopic (exact) mass is 428 g/mol. The number of benzene rings is 2. The largest absolute Gasteiger partial charge is 0.468 e. The SMILES string of the molecule is COC(=O)Cn1c(=NC(=O)c2coc3ccccc3c2=O)sc2cc(Cl)ccc21. The normalized spacial score (nSPS) is 11.9. The van der Waals surface area contributed by atoms with Crippen molar-refractivity contribution in [3.05, 3.63) is 74.3 Å². The van der Waals surface area contributed by atoms with Crippen LogP contribution in [0.5, 0.6) is 0 Å². The van der Waals surface area contributed by atoms with E-state index in [2.05, 4.69) is 4.99 Å². The molecule has 0 unspecified atom stereocenters. The van der Waals surface area contributed by atoms with Crippen molar-refractivity contribution in [3.63, 3.8) is 0 Å². The molecule has 2 aromatic heterocycles. The third kappa shape index (κ3) is 3.59. The van der Waals surface area contributed by atoms with Gasteiger partial charge < -0.3 is 13.7 Å². The maximum absolute atomic E-state index is 12.8. The fourth-order valence-electron chi connectivity index (χ4n) is 2.85. The summed E-state index contributed by atoms with van der Waals surface area (Å²) in [5.41, 5.74) is 0.390. The summed E-state index contributed by atoms with van der Waals surface area (Å²) < 4.78 is 12.4. The van der Waals surface area contributed by atoms with E-state index >= 15 is 0 Å². The van der Waals surface area contributed by atoms with Crippen LogP contribution in [0.15, 0.2) is 62.9 Å². The van der Waals surface area contributed by atoms with Crippen LogP contribution in [0.1, 0.15) is 10.4 Å². The highest BCUT2D eigenvalue weighted by atomic mass is 35.5. The summed E-state index contributed by atoms with van der Waals surface area (Å²) in [6.07, 6.45) is 1.10. The molecule has 0 aliphatic carbocycles. The summed E-state index contributed by atoms with van der Waals surface area (Å²) in [4.78, 5) is 41.6. The number of esters is 1. The van der Waals surface area contributed by atoms with Crippen LogP contribution in [-0.2, 0) is 16.1 Å². The number of para-hydroxylation sites is 1. The van der Waals surface area contributed by atoms with Crippen molar-refractivity contribution in [1.29, 1.82) is 0 Å². The number of ether oxygens (including phenoxy) is 1. The molecule has 1 amide bonds. The third-order valence-electron chi connectivity index (χ3n) is 4.27. The maximum atomic E-state index is 12.8. The number of methoxy groups -OCH3 is 1. The molecule has 0 radical (unpaired) electrons. The Labute approximate surface area is 172 Å². The predicted octanol–water partition coefficient (Wildman–Crippen LogP) is 3.38. The van der Waals surface area contributed by atoms with E-state index in [1.807, 2.05) is 0 Å². The smallest absolute Gasteiger partial charge is 0.325 e. The fourth-order valence-corrected chi connectivity index (χ4v) is 4.16. The van der Waals surface area contributed by atoms with Crippen molar-refractivity contribution in [1.82, 2.24) is 4.57 Å². The summed E-state index contributed by atoms with van der Waals surface area (Å²) in [6, 6.07) is 11.8. The Balaban J connectivity index is 1.88. The standard InChI is InChI=1S/C20H13ClN2O5S/c1-27-17(24)9-23-14-7-6-11(21)8-16(14)29-20(23)22-19(26)13-10-28-15-5-3-2-4-12(15)18(13)25/h2-8,10H,9H2,1H3. The minimum atomic E-state index is -0.763. The zero-order valence-corrected chi connectivity index (χ0v) is 16.6. The van der Waals surface area contributed by atoms with Crippen LogP contribution in [0.3, 0.4) is 0 Å². The second kappa shape index (κ2) is 7.65. The van der Waals surface area contributed by atoms with Gasteiger partial charge in [0.2, 0.25) is 5.43 Å². The maximum Gasteiger partial charge on any atom is 0.325 e. The molecule has 146 valence electrons. The van der Waals surface area contributed by atoms with Crippen LogP contribution in [0.4, 0.5) is 0 Å². The molecule has 0 N–H and O–H groups in total. The Morgan fingerprint density at radius 2 is 2.03 bits per heavy atom. The van der Waals surface area contributed by atoms with Crippen molar-refractivity contribution >= 4 is 56.0 Å². The molecule has 4 rings (SSSR count).